The topological polar surface area (TPSA) is 96.7 Å². The quantitative estimate of drug-likeness (QED) is 0.640. The van der Waals surface area contributed by atoms with E-state index in [9.17, 15) is 14.7 Å². The van der Waals surface area contributed by atoms with Crippen LogP contribution in [-0.2, 0) is 0 Å². The Morgan fingerprint density at radius 2 is 1.85 bits per heavy atom. The Morgan fingerprint density at radius 3 is 2.50 bits per heavy atom. The number of methoxy groups -OCH3 is 1. The molecular weight excluding hydrogens is 402 g/mol. The first kappa shape index (κ1) is 17.7. The van der Waals surface area contributed by atoms with Crippen molar-refractivity contribution in [1.29, 1.82) is 0 Å². The van der Waals surface area contributed by atoms with Gasteiger partial charge in [0.05, 0.1) is 18.5 Å². The standard InChI is InChI=1S/C18H14BrN3O4/c1-26-12-8-6-11(7-9-12)22-17(24)13(16(23)21-18(22)25)10-20-15-5-3-2-4-14(15)19/h2-10,24H,1H3,(H,21,23,25). The summed E-state index contributed by atoms with van der Waals surface area (Å²) in [5.41, 5.74) is -0.659. The molecule has 26 heavy (non-hydrogen) atoms. The van der Waals surface area contributed by atoms with Gasteiger partial charge in [0.2, 0.25) is 5.88 Å². The number of hydrogen-bond donors (Lipinski definition) is 2. The molecule has 0 spiro atoms. The van der Waals surface area contributed by atoms with Crippen LogP contribution in [0.25, 0.3) is 5.69 Å². The third-order valence-corrected chi connectivity index (χ3v) is 4.31. The fourth-order valence-electron chi connectivity index (χ4n) is 2.32. The average Bonchev–Trinajstić information content (AvgIpc) is 2.63. The van der Waals surface area contributed by atoms with Crippen LogP contribution >= 0.6 is 15.9 Å². The highest BCUT2D eigenvalue weighted by molar-refractivity contribution is 9.10. The van der Waals surface area contributed by atoms with Gasteiger partial charge in [-0.3, -0.25) is 14.8 Å². The Hall–Kier alpha value is -3.13. The van der Waals surface area contributed by atoms with Gasteiger partial charge < -0.3 is 9.84 Å². The van der Waals surface area contributed by atoms with Crippen molar-refractivity contribution in [1.82, 2.24) is 9.55 Å². The molecule has 8 heteroatoms. The molecule has 3 aromatic rings. The average molecular weight is 416 g/mol. The maximum atomic E-state index is 12.2. The lowest BCUT2D eigenvalue weighted by molar-refractivity contribution is 0.414. The van der Waals surface area contributed by atoms with Crippen LogP contribution in [0.3, 0.4) is 0 Å². The van der Waals surface area contributed by atoms with Gasteiger partial charge in [0.25, 0.3) is 5.56 Å². The summed E-state index contributed by atoms with van der Waals surface area (Å²) in [6, 6.07) is 13.6. The van der Waals surface area contributed by atoms with Crippen molar-refractivity contribution in [3.05, 3.63) is 79.4 Å². The number of aromatic hydroxyl groups is 1. The normalized spacial score (nSPS) is 11.0. The number of nitrogens with zero attached hydrogens (tertiary/aromatic N) is 2. The number of para-hydroxylation sites is 1. The molecule has 3 rings (SSSR count). The van der Waals surface area contributed by atoms with Crippen LogP contribution in [-0.4, -0.2) is 28.0 Å². The Balaban J connectivity index is 2.11. The summed E-state index contributed by atoms with van der Waals surface area (Å²) in [5, 5.41) is 10.5. The lowest BCUT2D eigenvalue weighted by Crippen LogP contribution is -2.31. The molecule has 0 bridgehead atoms. The highest BCUT2D eigenvalue weighted by Crippen LogP contribution is 2.25. The molecule has 0 amide bonds. The van der Waals surface area contributed by atoms with E-state index in [2.05, 4.69) is 25.9 Å². The van der Waals surface area contributed by atoms with Crippen LogP contribution in [0.5, 0.6) is 11.6 Å². The highest BCUT2D eigenvalue weighted by Gasteiger charge is 2.14. The maximum Gasteiger partial charge on any atom is 0.335 e. The monoisotopic (exact) mass is 415 g/mol. The van der Waals surface area contributed by atoms with E-state index in [0.29, 0.717) is 17.1 Å². The van der Waals surface area contributed by atoms with Crippen LogP contribution in [0.1, 0.15) is 5.56 Å². The molecule has 0 aliphatic heterocycles. The van der Waals surface area contributed by atoms with Gasteiger partial charge in [-0.1, -0.05) is 12.1 Å². The molecule has 132 valence electrons. The summed E-state index contributed by atoms with van der Waals surface area (Å²) in [4.78, 5) is 30.6. The summed E-state index contributed by atoms with van der Waals surface area (Å²) >= 11 is 3.35. The van der Waals surface area contributed by atoms with Crippen molar-refractivity contribution in [2.75, 3.05) is 7.11 Å². The molecule has 0 fully saturated rings. The van der Waals surface area contributed by atoms with E-state index in [1.54, 1.807) is 42.5 Å². The minimum atomic E-state index is -0.754. The first-order valence-electron chi connectivity index (χ1n) is 7.52. The SMILES string of the molecule is COc1ccc(-n2c(O)c(C=Nc3ccccc3Br)c(=O)[nH]c2=O)cc1. The number of ether oxygens (including phenoxy) is 1. The third kappa shape index (κ3) is 3.45. The second-order valence-corrected chi connectivity index (χ2v) is 6.09. The van der Waals surface area contributed by atoms with Gasteiger partial charge in [0, 0.05) is 10.7 Å². The van der Waals surface area contributed by atoms with Crippen LogP contribution in [0, 0.1) is 0 Å². The molecule has 0 saturated heterocycles. The maximum absolute atomic E-state index is 12.2. The number of hydrogen-bond acceptors (Lipinski definition) is 5. The van der Waals surface area contributed by atoms with Crippen LogP contribution in [0.4, 0.5) is 5.69 Å². The fraction of sp³-hybridized carbons (Fsp3) is 0.0556. The second-order valence-electron chi connectivity index (χ2n) is 5.24. The van der Waals surface area contributed by atoms with Gasteiger partial charge in [-0.15, -0.1) is 0 Å². The van der Waals surface area contributed by atoms with E-state index in [-0.39, 0.29) is 5.56 Å². The van der Waals surface area contributed by atoms with E-state index in [1.807, 2.05) is 6.07 Å². The van der Waals surface area contributed by atoms with Crippen molar-refractivity contribution in [3.8, 4) is 17.3 Å². The smallest absolute Gasteiger partial charge is 0.335 e. The van der Waals surface area contributed by atoms with Crippen LogP contribution in [0.15, 0.2) is 67.6 Å². The van der Waals surface area contributed by atoms with E-state index in [0.717, 1.165) is 9.04 Å². The van der Waals surface area contributed by atoms with E-state index in [1.165, 1.54) is 13.3 Å². The van der Waals surface area contributed by atoms with Gasteiger partial charge in [-0.2, -0.15) is 0 Å². The Bertz CT molecular complexity index is 1080. The number of H-pyrrole nitrogens is 1. The van der Waals surface area contributed by atoms with Gasteiger partial charge in [0.1, 0.15) is 11.3 Å². The summed E-state index contributed by atoms with van der Waals surface area (Å²) < 4.78 is 6.79. The molecule has 0 aliphatic rings. The van der Waals surface area contributed by atoms with Crippen molar-refractivity contribution < 1.29 is 9.84 Å². The number of aliphatic imine (C=N–C) groups is 1. The summed E-state index contributed by atoms with van der Waals surface area (Å²) in [6.07, 6.45) is 1.22. The molecule has 0 unspecified atom stereocenters. The number of aromatic nitrogens is 2. The predicted octanol–water partition coefficient (Wildman–Crippen LogP) is 2.75. The number of rotatable bonds is 4. The minimum Gasteiger partial charge on any atom is -0.497 e. The second kappa shape index (κ2) is 7.40. The highest BCUT2D eigenvalue weighted by atomic mass is 79.9. The predicted molar refractivity (Wildman–Crippen MR) is 102 cm³/mol. The zero-order chi connectivity index (χ0) is 18.7. The first-order chi connectivity index (χ1) is 12.5. The minimum absolute atomic E-state index is 0.129. The number of nitrogens with one attached hydrogen (secondary N) is 1. The van der Waals surface area contributed by atoms with E-state index < -0.39 is 17.1 Å². The van der Waals surface area contributed by atoms with Gasteiger partial charge in [-0.05, 0) is 52.3 Å². The molecule has 7 nitrogen and oxygen atoms in total. The number of halogens is 1. The Labute approximate surface area is 156 Å². The first-order valence-corrected chi connectivity index (χ1v) is 8.32. The third-order valence-electron chi connectivity index (χ3n) is 3.64. The molecule has 1 aromatic heterocycles. The van der Waals surface area contributed by atoms with Gasteiger partial charge in [-0.25, -0.2) is 9.36 Å². The Kier molecular flexibility index (Phi) is 5.04. The molecule has 2 N–H and O–H groups in total. The molecule has 2 aromatic carbocycles. The van der Waals surface area contributed by atoms with Crippen LogP contribution in [0.2, 0.25) is 0 Å². The number of benzene rings is 2. The van der Waals surface area contributed by atoms with Crippen molar-refractivity contribution in [3.63, 3.8) is 0 Å². The Morgan fingerprint density at radius 1 is 1.15 bits per heavy atom. The summed E-state index contributed by atoms with van der Waals surface area (Å²) in [5.74, 6) is 0.0983. The van der Waals surface area contributed by atoms with Crippen molar-refractivity contribution in [2.45, 2.75) is 0 Å². The van der Waals surface area contributed by atoms with E-state index >= 15 is 0 Å². The molecular formula is C18H14BrN3O4. The lowest BCUT2D eigenvalue weighted by atomic mass is 10.2. The van der Waals surface area contributed by atoms with Gasteiger partial charge >= 0.3 is 5.69 Å². The zero-order valence-electron chi connectivity index (χ0n) is 13.6. The molecule has 0 aliphatic carbocycles. The van der Waals surface area contributed by atoms with E-state index in [4.69, 9.17) is 4.74 Å². The van der Waals surface area contributed by atoms with Crippen LogP contribution < -0.4 is 16.0 Å². The lowest BCUT2D eigenvalue weighted by Gasteiger charge is -2.10. The molecule has 0 radical (unpaired) electrons. The summed E-state index contributed by atoms with van der Waals surface area (Å²) in [6.45, 7) is 0. The largest absolute Gasteiger partial charge is 0.497 e. The number of aromatic amines is 1. The van der Waals surface area contributed by atoms with Crippen molar-refractivity contribution >= 4 is 27.8 Å². The molecule has 1 heterocycles. The zero-order valence-corrected chi connectivity index (χ0v) is 15.2. The molecule has 0 saturated carbocycles. The summed E-state index contributed by atoms with van der Waals surface area (Å²) in [7, 11) is 1.52. The van der Waals surface area contributed by atoms with Crippen molar-refractivity contribution in [2.24, 2.45) is 4.99 Å². The fourth-order valence-corrected chi connectivity index (χ4v) is 2.70. The molecule has 0 atom stereocenters. The van der Waals surface area contributed by atoms with Gasteiger partial charge in [0.15, 0.2) is 0 Å².